The van der Waals surface area contributed by atoms with Crippen LogP contribution in [-0.2, 0) is 4.74 Å². The number of nitrogens with zero attached hydrogens (tertiary/aromatic N) is 3. The number of esters is 1. The Morgan fingerprint density at radius 3 is 2.38 bits per heavy atom. The molecule has 1 heterocycles. The van der Waals surface area contributed by atoms with Crippen molar-refractivity contribution < 1.29 is 19.2 Å². The summed E-state index contributed by atoms with van der Waals surface area (Å²) in [5.74, 6) is -0.787. The maximum Gasteiger partial charge on any atom is 0.341 e. The average molecular weight is 394 g/mol. The van der Waals surface area contributed by atoms with Gasteiger partial charge in [0, 0.05) is 23.4 Å². The molecule has 1 amide bonds. The van der Waals surface area contributed by atoms with E-state index in [1.807, 2.05) is 0 Å². The number of nitro benzene ring substituents is 1. The Morgan fingerprint density at radius 2 is 1.79 bits per heavy atom. The highest BCUT2D eigenvalue weighted by molar-refractivity contribution is 6.04. The molecule has 0 saturated carbocycles. The normalized spacial score (nSPS) is 10.4. The number of hydrogen-bond donors (Lipinski definition) is 1. The van der Waals surface area contributed by atoms with Gasteiger partial charge in [-0.15, -0.1) is 0 Å². The van der Waals surface area contributed by atoms with Gasteiger partial charge in [0.25, 0.3) is 11.6 Å². The molecule has 29 heavy (non-hydrogen) atoms. The molecule has 0 fully saturated rings. The highest BCUT2D eigenvalue weighted by Crippen LogP contribution is 2.18. The van der Waals surface area contributed by atoms with Crippen molar-refractivity contribution in [2.45, 2.75) is 13.8 Å². The Kier molecular flexibility index (Phi) is 5.68. The van der Waals surface area contributed by atoms with Crippen molar-refractivity contribution >= 4 is 23.3 Å². The molecule has 2 aromatic carbocycles. The molecule has 3 aromatic rings. The van der Waals surface area contributed by atoms with Gasteiger partial charge in [-0.2, -0.15) is 5.10 Å². The SMILES string of the molecule is CCOC(=O)c1cnn(-c2ccc(C(=O)Nc3ccc([N+](=O)[O-])cc3)cc2)c1C. The second-order valence-electron chi connectivity index (χ2n) is 6.08. The van der Waals surface area contributed by atoms with Crippen LogP contribution in [0.5, 0.6) is 0 Å². The first kappa shape index (κ1) is 19.7. The van der Waals surface area contributed by atoms with Crippen molar-refractivity contribution in [3.63, 3.8) is 0 Å². The van der Waals surface area contributed by atoms with Gasteiger partial charge in [0.15, 0.2) is 0 Å². The lowest BCUT2D eigenvalue weighted by molar-refractivity contribution is -0.384. The van der Waals surface area contributed by atoms with Gasteiger partial charge in [-0.3, -0.25) is 14.9 Å². The summed E-state index contributed by atoms with van der Waals surface area (Å²) in [6.07, 6.45) is 1.45. The molecule has 9 heteroatoms. The van der Waals surface area contributed by atoms with Gasteiger partial charge in [-0.05, 0) is 50.2 Å². The van der Waals surface area contributed by atoms with E-state index in [0.717, 1.165) is 0 Å². The van der Waals surface area contributed by atoms with Gasteiger partial charge >= 0.3 is 5.97 Å². The molecule has 0 aliphatic rings. The highest BCUT2D eigenvalue weighted by Gasteiger charge is 2.16. The second-order valence-corrected chi connectivity index (χ2v) is 6.08. The quantitative estimate of drug-likeness (QED) is 0.388. The van der Waals surface area contributed by atoms with Crippen molar-refractivity contribution in [2.24, 2.45) is 0 Å². The summed E-state index contributed by atoms with van der Waals surface area (Å²) in [4.78, 5) is 34.5. The molecule has 148 valence electrons. The highest BCUT2D eigenvalue weighted by atomic mass is 16.6. The van der Waals surface area contributed by atoms with Crippen LogP contribution in [0.15, 0.2) is 54.7 Å². The lowest BCUT2D eigenvalue weighted by Gasteiger charge is -2.08. The molecule has 0 aliphatic carbocycles. The fourth-order valence-corrected chi connectivity index (χ4v) is 2.70. The number of rotatable bonds is 6. The van der Waals surface area contributed by atoms with Crippen molar-refractivity contribution in [3.8, 4) is 5.69 Å². The lowest BCUT2D eigenvalue weighted by atomic mass is 10.1. The van der Waals surface area contributed by atoms with Crippen molar-refractivity contribution in [3.05, 3.63) is 81.7 Å². The van der Waals surface area contributed by atoms with E-state index in [2.05, 4.69) is 10.4 Å². The first-order valence-electron chi connectivity index (χ1n) is 8.78. The molecule has 0 radical (unpaired) electrons. The summed E-state index contributed by atoms with van der Waals surface area (Å²) in [5, 5.41) is 17.6. The van der Waals surface area contributed by atoms with Gasteiger partial charge in [0.05, 0.1) is 29.1 Å². The number of carbonyl (C=O) groups is 2. The van der Waals surface area contributed by atoms with Gasteiger partial charge < -0.3 is 10.1 Å². The smallest absolute Gasteiger partial charge is 0.341 e. The van der Waals surface area contributed by atoms with E-state index < -0.39 is 10.9 Å². The maximum absolute atomic E-state index is 12.4. The Balaban J connectivity index is 1.74. The predicted molar refractivity (Wildman–Crippen MR) is 105 cm³/mol. The standard InChI is InChI=1S/C20H18N4O5/c1-3-29-20(26)18-12-21-23(13(18)2)16-8-4-14(5-9-16)19(25)22-15-6-10-17(11-7-15)24(27)28/h4-12H,3H2,1-2H3,(H,22,25). The van der Waals surface area contributed by atoms with E-state index in [1.54, 1.807) is 42.8 Å². The molecular weight excluding hydrogens is 376 g/mol. The number of non-ortho nitro benzene ring substituents is 1. The van der Waals surface area contributed by atoms with E-state index in [1.165, 1.54) is 30.5 Å². The third-order valence-corrected chi connectivity index (χ3v) is 4.22. The molecule has 0 atom stereocenters. The molecule has 1 N–H and O–H groups in total. The third-order valence-electron chi connectivity index (χ3n) is 4.22. The molecular formula is C20H18N4O5. The number of nitro groups is 1. The molecule has 0 unspecified atom stereocenters. The summed E-state index contributed by atoms with van der Waals surface area (Å²) in [7, 11) is 0. The lowest BCUT2D eigenvalue weighted by Crippen LogP contribution is -2.12. The Bertz CT molecular complexity index is 1060. The van der Waals surface area contributed by atoms with Crippen LogP contribution < -0.4 is 5.32 Å². The van der Waals surface area contributed by atoms with Gasteiger partial charge in [-0.1, -0.05) is 0 Å². The number of carbonyl (C=O) groups excluding carboxylic acids is 2. The number of anilines is 1. The van der Waals surface area contributed by atoms with E-state index >= 15 is 0 Å². The van der Waals surface area contributed by atoms with E-state index in [-0.39, 0.29) is 18.2 Å². The summed E-state index contributed by atoms with van der Waals surface area (Å²) in [5.41, 5.74) is 2.50. The molecule has 0 bridgehead atoms. The number of ether oxygens (including phenoxy) is 1. The molecule has 0 saturated heterocycles. The fourth-order valence-electron chi connectivity index (χ4n) is 2.70. The van der Waals surface area contributed by atoms with Crippen LogP contribution in [0.25, 0.3) is 5.69 Å². The predicted octanol–water partition coefficient (Wildman–Crippen LogP) is 3.52. The first-order valence-corrected chi connectivity index (χ1v) is 8.78. The van der Waals surface area contributed by atoms with Crippen LogP contribution in [-0.4, -0.2) is 33.2 Å². The molecule has 0 aliphatic heterocycles. The zero-order valence-electron chi connectivity index (χ0n) is 15.8. The maximum atomic E-state index is 12.4. The van der Waals surface area contributed by atoms with Crippen LogP contribution in [0.3, 0.4) is 0 Å². The van der Waals surface area contributed by atoms with Crippen LogP contribution >= 0.6 is 0 Å². The second kappa shape index (κ2) is 8.34. The van der Waals surface area contributed by atoms with Gasteiger partial charge in [-0.25, -0.2) is 9.48 Å². The topological polar surface area (TPSA) is 116 Å². The minimum atomic E-state index is -0.505. The minimum absolute atomic E-state index is 0.0517. The van der Waals surface area contributed by atoms with E-state index in [9.17, 15) is 19.7 Å². The van der Waals surface area contributed by atoms with Crippen LogP contribution in [0, 0.1) is 17.0 Å². The van der Waals surface area contributed by atoms with Crippen molar-refractivity contribution in [1.82, 2.24) is 9.78 Å². The van der Waals surface area contributed by atoms with Gasteiger partial charge in [0.2, 0.25) is 0 Å². The van der Waals surface area contributed by atoms with E-state index in [0.29, 0.717) is 28.2 Å². The summed E-state index contributed by atoms with van der Waals surface area (Å²) < 4.78 is 6.59. The summed E-state index contributed by atoms with van der Waals surface area (Å²) in [6, 6.07) is 12.2. The summed E-state index contributed by atoms with van der Waals surface area (Å²) >= 11 is 0. The Labute approximate surface area is 166 Å². The zero-order valence-corrected chi connectivity index (χ0v) is 15.8. The van der Waals surface area contributed by atoms with Gasteiger partial charge in [0.1, 0.15) is 5.56 Å². The zero-order chi connectivity index (χ0) is 21.0. The van der Waals surface area contributed by atoms with Crippen LogP contribution in [0.4, 0.5) is 11.4 Å². The number of amides is 1. The monoisotopic (exact) mass is 394 g/mol. The molecule has 1 aromatic heterocycles. The summed E-state index contributed by atoms with van der Waals surface area (Å²) in [6.45, 7) is 3.77. The largest absolute Gasteiger partial charge is 0.462 e. The number of aromatic nitrogens is 2. The third kappa shape index (κ3) is 4.29. The Hall–Kier alpha value is -4.01. The number of benzene rings is 2. The fraction of sp³-hybridized carbons (Fsp3) is 0.150. The Morgan fingerprint density at radius 1 is 1.14 bits per heavy atom. The number of nitrogens with one attached hydrogen (secondary N) is 1. The minimum Gasteiger partial charge on any atom is -0.462 e. The average Bonchev–Trinajstić information content (AvgIpc) is 3.10. The molecule has 0 spiro atoms. The molecule has 3 rings (SSSR count). The van der Waals surface area contributed by atoms with Crippen LogP contribution in [0.1, 0.15) is 33.3 Å². The number of hydrogen-bond acceptors (Lipinski definition) is 6. The van der Waals surface area contributed by atoms with Crippen molar-refractivity contribution in [2.75, 3.05) is 11.9 Å². The van der Waals surface area contributed by atoms with E-state index in [4.69, 9.17) is 4.74 Å². The molecule has 9 nitrogen and oxygen atoms in total. The van der Waals surface area contributed by atoms with Crippen LogP contribution in [0.2, 0.25) is 0 Å². The van der Waals surface area contributed by atoms with Crippen molar-refractivity contribution in [1.29, 1.82) is 0 Å². The first-order chi connectivity index (χ1) is 13.9.